The van der Waals surface area contributed by atoms with E-state index in [2.05, 4.69) is 273 Å². The van der Waals surface area contributed by atoms with Crippen molar-refractivity contribution in [2.24, 2.45) is 0 Å². The van der Waals surface area contributed by atoms with Gasteiger partial charge in [-0.05, 0) is 131 Å². The van der Waals surface area contributed by atoms with Crippen LogP contribution in [0.25, 0.3) is 141 Å². The molecule has 0 radical (unpaired) electrons. The predicted octanol–water partition coefficient (Wildman–Crippen LogP) is 18.7. The molecule has 8 bridgehead atoms. The van der Waals surface area contributed by atoms with Crippen LogP contribution >= 0.6 is 11.3 Å². The summed E-state index contributed by atoms with van der Waals surface area (Å²) < 4.78 is 12.4. The molecule has 0 fully saturated rings. The SMILES string of the molecule is c1ccc2c(-n3c4ccccc4c4ccc(-n5c6cccc(c6)c6cccc(c6)n(-c6cccc7c6c6ccccc6n7-c6cccc7ccccc67)c6ccc7sc8ccc5cc8c7c6)cc43)cccc2c1. The fraction of sp³-hybridized carbons (Fsp3) is 0. The van der Waals surface area contributed by atoms with Gasteiger partial charge in [0, 0.05) is 80.2 Å². The van der Waals surface area contributed by atoms with Crippen molar-refractivity contribution in [2.75, 3.05) is 0 Å². The minimum Gasteiger partial charge on any atom is -0.310 e. The van der Waals surface area contributed by atoms with E-state index in [1.807, 2.05) is 11.3 Å². The van der Waals surface area contributed by atoms with Crippen LogP contribution in [0, 0.1) is 0 Å². The van der Waals surface area contributed by atoms with E-state index in [0.29, 0.717) is 0 Å². The van der Waals surface area contributed by atoms with Gasteiger partial charge < -0.3 is 18.3 Å². The van der Waals surface area contributed by atoms with Crippen molar-refractivity contribution in [3.05, 3.63) is 255 Å². The standard InChI is InChI=1S/C68H42N4S/c1-3-22-52-43(14-1)16-11-28-59(52)71-62-27-8-6-25-56(62)68-63(30-13-31-64(68)71)70-48-21-10-19-46(39-48)45-18-9-20-47(38-45)69(49-33-36-66-57(40-49)58-41-50(70)34-37-67(58)73-66)51-32-35-55-54-24-5-7-26-61(54)72(65(55)42-51)60-29-12-17-44-15-2-4-23-53(44)60/h1-42H. The lowest BCUT2D eigenvalue weighted by atomic mass is 10.1. The summed E-state index contributed by atoms with van der Waals surface area (Å²) in [5, 5.41) is 14.6. The second-order valence-corrected chi connectivity index (χ2v) is 20.4. The Labute approximate surface area is 423 Å². The van der Waals surface area contributed by atoms with Crippen LogP contribution in [0.15, 0.2) is 255 Å². The number of benzene rings is 12. The van der Waals surface area contributed by atoms with Gasteiger partial charge in [0.05, 0.1) is 39.1 Å². The summed E-state index contributed by atoms with van der Waals surface area (Å²) in [6.07, 6.45) is 0. The summed E-state index contributed by atoms with van der Waals surface area (Å²) >= 11 is 1.86. The predicted molar refractivity (Wildman–Crippen MR) is 312 cm³/mol. The van der Waals surface area contributed by atoms with E-state index in [1.54, 1.807) is 0 Å². The van der Waals surface area contributed by atoms with Crippen molar-refractivity contribution in [2.45, 2.75) is 0 Å². The van der Waals surface area contributed by atoms with Gasteiger partial charge in [0.25, 0.3) is 0 Å². The lowest BCUT2D eigenvalue weighted by Crippen LogP contribution is -1.99. The molecule has 73 heavy (non-hydrogen) atoms. The third-order valence-corrected chi connectivity index (χ3v) is 16.5. The highest BCUT2D eigenvalue weighted by Crippen LogP contribution is 2.42. The first-order valence-electron chi connectivity index (χ1n) is 25.0. The zero-order valence-electron chi connectivity index (χ0n) is 39.4. The second-order valence-electron chi connectivity index (χ2n) is 19.3. The van der Waals surface area contributed by atoms with Gasteiger partial charge in [-0.15, -0.1) is 11.3 Å². The van der Waals surface area contributed by atoms with Crippen molar-refractivity contribution in [3.63, 3.8) is 0 Å². The van der Waals surface area contributed by atoms with Crippen molar-refractivity contribution in [1.29, 1.82) is 0 Å². The fourth-order valence-electron chi connectivity index (χ4n) is 12.2. The van der Waals surface area contributed by atoms with Crippen molar-refractivity contribution in [1.82, 2.24) is 18.3 Å². The van der Waals surface area contributed by atoms with Crippen LogP contribution in [0.5, 0.6) is 0 Å². The highest BCUT2D eigenvalue weighted by atomic mass is 32.1. The maximum Gasteiger partial charge on any atom is 0.0562 e. The van der Waals surface area contributed by atoms with Gasteiger partial charge in [0.15, 0.2) is 0 Å². The largest absolute Gasteiger partial charge is 0.310 e. The molecule has 0 saturated carbocycles. The number of fused-ring (bicyclic) bond motifs is 15. The number of hydrogen-bond donors (Lipinski definition) is 0. The molecule has 4 nitrogen and oxygen atoms in total. The molecule has 0 unspecified atom stereocenters. The molecular weight excluding hydrogens is 905 g/mol. The van der Waals surface area contributed by atoms with Crippen LogP contribution in [0.3, 0.4) is 0 Å². The van der Waals surface area contributed by atoms with Gasteiger partial charge in [-0.25, -0.2) is 0 Å². The summed E-state index contributed by atoms with van der Waals surface area (Å²) in [5.41, 5.74) is 13.7. The zero-order valence-corrected chi connectivity index (χ0v) is 40.3. The zero-order chi connectivity index (χ0) is 47.7. The summed E-state index contributed by atoms with van der Waals surface area (Å²) in [4.78, 5) is 0. The second kappa shape index (κ2) is 15.5. The molecular formula is C68H42N4S. The lowest BCUT2D eigenvalue weighted by Gasteiger charge is -2.16. The van der Waals surface area contributed by atoms with E-state index in [-0.39, 0.29) is 0 Å². The molecule has 16 rings (SSSR count). The van der Waals surface area contributed by atoms with E-state index in [9.17, 15) is 0 Å². The van der Waals surface area contributed by atoms with Gasteiger partial charge in [0.2, 0.25) is 0 Å². The van der Waals surface area contributed by atoms with Crippen molar-refractivity contribution in [3.8, 4) is 22.7 Å². The molecule has 0 aliphatic carbocycles. The molecule has 0 amide bonds. The number of rotatable bonds is 4. The Balaban J connectivity index is 1.00. The van der Waals surface area contributed by atoms with Crippen LogP contribution in [0.1, 0.15) is 0 Å². The quantitative estimate of drug-likeness (QED) is 0.168. The number of hydrogen-bond acceptors (Lipinski definition) is 1. The molecule has 0 saturated heterocycles. The van der Waals surface area contributed by atoms with E-state index in [1.165, 1.54) is 96.7 Å². The minimum absolute atomic E-state index is 1.09. The molecule has 0 aliphatic rings. The maximum atomic E-state index is 2.49. The van der Waals surface area contributed by atoms with Crippen molar-refractivity contribution < 1.29 is 0 Å². The third-order valence-electron chi connectivity index (χ3n) is 15.3. The monoisotopic (exact) mass is 946 g/mol. The molecule has 5 heteroatoms. The molecule has 16 aromatic rings. The molecule has 4 aromatic heterocycles. The first-order valence-corrected chi connectivity index (χ1v) is 25.8. The average Bonchev–Trinajstić information content (AvgIpc) is 4.10. The summed E-state index contributed by atoms with van der Waals surface area (Å²) in [7, 11) is 0. The first kappa shape index (κ1) is 40.3. The normalized spacial score (nSPS) is 12.1. The fourth-order valence-corrected chi connectivity index (χ4v) is 13.2. The Kier molecular flexibility index (Phi) is 8.58. The first-order chi connectivity index (χ1) is 36.2. The van der Waals surface area contributed by atoms with Crippen LogP contribution in [-0.4, -0.2) is 18.3 Å². The van der Waals surface area contributed by atoms with E-state index in [4.69, 9.17) is 0 Å². The Morgan fingerprint density at radius 1 is 0.233 bits per heavy atom. The van der Waals surface area contributed by atoms with Crippen LogP contribution in [0.2, 0.25) is 0 Å². The Morgan fingerprint density at radius 3 is 1.36 bits per heavy atom. The topological polar surface area (TPSA) is 19.7 Å². The Hall–Kier alpha value is -9.42. The van der Waals surface area contributed by atoms with Crippen LogP contribution < -0.4 is 0 Å². The molecule has 4 heterocycles. The van der Waals surface area contributed by atoms with Gasteiger partial charge >= 0.3 is 0 Å². The average molecular weight is 947 g/mol. The summed E-state index contributed by atoms with van der Waals surface area (Å²) in [6, 6.07) is 94.7. The number of thiophene rings is 1. The minimum atomic E-state index is 1.09. The van der Waals surface area contributed by atoms with Gasteiger partial charge in [-0.1, -0.05) is 146 Å². The Bertz CT molecular complexity index is 5040. The molecule has 0 spiro atoms. The smallest absolute Gasteiger partial charge is 0.0562 e. The maximum absolute atomic E-state index is 2.49. The van der Waals surface area contributed by atoms with Gasteiger partial charge in [-0.3, -0.25) is 0 Å². The third kappa shape index (κ3) is 6.00. The van der Waals surface area contributed by atoms with Crippen LogP contribution in [0.4, 0.5) is 0 Å². The molecule has 340 valence electrons. The number of nitrogens with zero attached hydrogens (tertiary/aromatic N) is 4. The highest BCUT2D eigenvalue weighted by molar-refractivity contribution is 7.25. The molecule has 0 aliphatic heterocycles. The Morgan fingerprint density at radius 2 is 0.685 bits per heavy atom. The van der Waals surface area contributed by atoms with Gasteiger partial charge in [-0.2, -0.15) is 0 Å². The molecule has 0 atom stereocenters. The van der Waals surface area contributed by atoms with E-state index < -0.39 is 0 Å². The van der Waals surface area contributed by atoms with E-state index >= 15 is 0 Å². The molecule has 12 aromatic carbocycles. The van der Waals surface area contributed by atoms with Gasteiger partial charge in [0.1, 0.15) is 0 Å². The van der Waals surface area contributed by atoms with Crippen molar-refractivity contribution >= 4 is 130 Å². The number of aromatic nitrogens is 4. The molecule has 0 N–H and O–H groups in total. The summed E-state index contributed by atoms with van der Waals surface area (Å²) in [5.74, 6) is 0. The lowest BCUT2D eigenvalue weighted by molar-refractivity contribution is 1.15. The number of para-hydroxylation sites is 2. The summed E-state index contributed by atoms with van der Waals surface area (Å²) in [6.45, 7) is 0. The highest BCUT2D eigenvalue weighted by Gasteiger charge is 2.20. The van der Waals surface area contributed by atoms with E-state index in [0.717, 1.165) is 44.2 Å². The van der Waals surface area contributed by atoms with Crippen LogP contribution in [-0.2, 0) is 0 Å².